The van der Waals surface area contributed by atoms with E-state index >= 15 is 0 Å². The van der Waals surface area contributed by atoms with Gasteiger partial charge in [-0.1, -0.05) is 21.6 Å². The third kappa shape index (κ3) is 6.38. The highest BCUT2D eigenvalue weighted by Gasteiger charge is 2.14. The Morgan fingerprint density at radius 3 is 2.74 bits per heavy atom. The number of aryl methyl sites for hydroxylation is 1. The molecule has 0 aliphatic carbocycles. The van der Waals surface area contributed by atoms with Crippen LogP contribution in [0.5, 0.6) is 0 Å². The number of amides is 1. The number of hydrogen-bond donors (Lipinski definition) is 3. The molecule has 1 rings (SSSR count). The highest BCUT2D eigenvalue weighted by Crippen LogP contribution is 2.35. The predicted molar refractivity (Wildman–Crippen MR) is 94.3 cm³/mol. The fourth-order valence-electron chi connectivity index (χ4n) is 1.75. The molecule has 7 nitrogen and oxygen atoms in total. The Morgan fingerprint density at radius 1 is 1.43 bits per heavy atom. The molecule has 0 bridgehead atoms. The third-order valence-electron chi connectivity index (χ3n) is 2.99. The third-order valence-corrected chi connectivity index (χ3v) is 5.62. The van der Waals surface area contributed by atoms with Crippen molar-refractivity contribution in [2.45, 2.75) is 26.8 Å². The van der Waals surface area contributed by atoms with Crippen molar-refractivity contribution in [3.63, 3.8) is 0 Å². The molecular formula is C14H22N4O3S2. The highest BCUT2D eigenvalue weighted by molar-refractivity contribution is 8.78. The number of allylic oxidation sites excluding steroid dienone is 1. The number of aliphatic hydroxyl groups is 2. The summed E-state index contributed by atoms with van der Waals surface area (Å²) in [6.07, 6.45) is 2.78. The van der Waals surface area contributed by atoms with Crippen molar-refractivity contribution in [3.05, 3.63) is 28.2 Å². The second kappa shape index (κ2) is 10.5. The zero-order chi connectivity index (χ0) is 17.2. The maximum Gasteiger partial charge on any atom is 0.214 e. The van der Waals surface area contributed by atoms with Crippen LogP contribution in [0, 0.1) is 6.92 Å². The van der Waals surface area contributed by atoms with Crippen LogP contribution in [0.2, 0.25) is 0 Å². The van der Waals surface area contributed by atoms with Gasteiger partial charge in [0.05, 0.1) is 13.2 Å². The number of anilines is 1. The van der Waals surface area contributed by atoms with E-state index in [4.69, 9.17) is 10.8 Å². The van der Waals surface area contributed by atoms with E-state index < -0.39 is 0 Å². The molecule has 1 aromatic heterocycles. The van der Waals surface area contributed by atoms with Crippen LogP contribution in [0.1, 0.15) is 24.7 Å². The molecule has 0 fully saturated rings. The molecule has 23 heavy (non-hydrogen) atoms. The van der Waals surface area contributed by atoms with Crippen molar-refractivity contribution in [1.29, 1.82) is 0 Å². The van der Waals surface area contributed by atoms with Gasteiger partial charge in [-0.05, 0) is 13.8 Å². The number of rotatable bonds is 10. The van der Waals surface area contributed by atoms with Gasteiger partial charge in [0.15, 0.2) is 0 Å². The fourth-order valence-corrected chi connectivity index (χ4v) is 3.97. The van der Waals surface area contributed by atoms with Crippen LogP contribution in [0.3, 0.4) is 0 Å². The number of carbonyl (C=O) groups is 1. The van der Waals surface area contributed by atoms with Crippen LogP contribution in [0.25, 0.3) is 0 Å². The normalized spacial score (nSPS) is 12.0. The van der Waals surface area contributed by atoms with Gasteiger partial charge in [-0.25, -0.2) is 9.97 Å². The van der Waals surface area contributed by atoms with Gasteiger partial charge in [0.1, 0.15) is 11.6 Å². The molecule has 0 aliphatic heterocycles. The topological polar surface area (TPSA) is 113 Å². The van der Waals surface area contributed by atoms with E-state index in [1.54, 1.807) is 13.1 Å². The van der Waals surface area contributed by atoms with Gasteiger partial charge in [-0.3, -0.25) is 4.79 Å². The predicted octanol–water partition coefficient (Wildman–Crippen LogP) is 1.31. The lowest BCUT2D eigenvalue weighted by atomic mass is 10.2. The number of hydrogen-bond acceptors (Lipinski definition) is 8. The quantitative estimate of drug-likeness (QED) is 0.326. The molecule has 0 aromatic carbocycles. The van der Waals surface area contributed by atoms with Gasteiger partial charge < -0.3 is 20.8 Å². The molecule has 0 spiro atoms. The maximum atomic E-state index is 11.5. The minimum Gasteiger partial charge on any atom is -0.396 e. The molecule has 0 radical (unpaired) electrons. The lowest BCUT2D eigenvalue weighted by molar-refractivity contribution is -0.116. The molecule has 1 aromatic rings. The van der Waals surface area contributed by atoms with Crippen molar-refractivity contribution in [1.82, 2.24) is 14.9 Å². The first kappa shape index (κ1) is 19.8. The second-order valence-electron chi connectivity index (χ2n) is 4.67. The Balaban J connectivity index is 2.94. The molecule has 1 amide bonds. The molecule has 0 atom stereocenters. The van der Waals surface area contributed by atoms with E-state index in [2.05, 4.69) is 9.97 Å². The maximum absolute atomic E-state index is 11.5. The smallest absolute Gasteiger partial charge is 0.214 e. The fraction of sp³-hybridized carbons (Fsp3) is 0.500. The lowest BCUT2D eigenvalue weighted by Gasteiger charge is -2.22. The summed E-state index contributed by atoms with van der Waals surface area (Å²) in [6, 6.07) is 0. The van der Waals surface area contributed by atoms with Crippen LogP contribution >= 0.6 is 21.6 Å². The van der Waals surface area contributed by atoms with Gasteiger partial charge in [0.2, 0.25) is 6.41 Å². The lowest BCUT2D eigenvalue weighted by Crippen LogP contribution is -2.21. The summed E-state index contributed by atoms with van der Waals surface area (Å²) in [5.41, 5.74) is 7.28. The van der Waals surface area contributed by atoms with Gasteiger partial charge >= 0.3 is 0 Å². The van der Waals surface area contributed by atoms with Crippen LogP contribution in [0.15, 0.2) is 16.8 Å². The average molecular weight is 358 g/mol. The standard InChI is InChI=1S/C14H22N4O3S2/c1-10(13(3-4-19)23-22-6-5-20)18(9-21)8-12-7-16-11(2)17-14(12)15/h7,9,19-20H,3-6,8H2,1-2H3,(H2,15,16,17)/b13-10-. The monoisotopic (exact) mass is 358 g/mol. The molecular weight excluding hydrogens is 336 g/mol. The first-order valence-electron chi connectivity index (χ1n) is 7.04. The Hall–Kier alpha value is -1.29. The van der Waals surface area contributed by atoms with Crippen LogP contribution in [0.4, 0.5) is 5.82 Å². The van der Waals surface area contributed by atoms with E-state index in [0.29, 0.717) is 29.4 Å². The minimum atomic E-state index is -0.0121. The molecule has 128 valence electrons. The Labute approximate surface area is 143 Å². The van der Waals surface area contributed by atoms with Gasteiger partial charge in [0.25, 0.3) is 0 Å². The first-order valence-corrected chi connectivity index (χ1v) is 9.36. The van der Waals surface area contributed by atoms with Crippen molar-refractivity contribution < 1.29 is 15.0 Å². The Kier molecular flexibility index (Phi) is 9.00. The molecule has 4 N–H and O–H groups in total. The van der Waals surface area contributed by atoms with Gasteiger partial charge in [-0.15, -0.1) is 0 Å². The summed E-state index contributed by atoms with van der Waals surface area (Å²) in [5.74, 6) is 1.50. The van der Waals surface area contributed by atoms with Crippen LogP contribution < -0.4 is 5.73 Å². The summed E-state index contributed by atoms with van der Waals surface area (Å²) in [4.78, 5) is 22.0. The Bertz CT molecular complexity index is 555. The van der Waals surface area contributed by atoms with Crippen LogP contribution in [-0.4, -0.2) is 50.5 Å². The number of nitrogens with two attached hydrogens (primary N) is 1. The number of nitrogen functional groups attached to an aromatic ring is 1. The number of aliphatic hydroxyl groups excluding tert-OH is 2. The number of aromatic nitrogens is 2. The number of nitrogens with zero attached hydrogens (tertiary/aromatic N) is 3. The molecule has 0 saturated heterocycles. The molecule has 9 heteroatoms. The SMILES string of the molecule is C/C(=C(\CCO)SSCCO)N(C=O)Cc1cnc(C)nc1N. The molecule has 0 aliphatic rings. The first-order chi connectivity index (χ1) is 11.0. The van der Waals surface area contributed by atoms with Gasteiger partial charge in [0, 0.05) is 41.1 Å². The summed E-state index contributed by atoms with van der Waals surface area (Å²) in [6.45, 7) is 3.90. The van der Waals surface area contributed by atoms with Gasteiger partial charge in [-0.2, -0.15) is 0 Å². The van der Waals surface area contributed by atoms with Crippen molar-refractivity contribution >= 4 is 33.8 Å². The molecule has 1 heterocycles. The Morgan fingerprint density at radius 2 is 2.17 bits per heavy atom. The summed E-state index contributed by atoms with van der Waals surface area (Å²) in [7, 11) is 2.93. The van der Waals surface area contributed by atoms with E-state index in [0.717, 1.165) is 17.0 Å². The zero-order valence-electron chi connectivity index (χ0n) is 13.2. The molecule has 0 saturated carbocycles. The van der Waals surface area contributed by atoms with E-state index in [1.165, 1.54) is 26.5 Å². The van der Waals surface area contributed by atoms with E-state index in [9.17, 15) is 9.90 Å². The largest absolute Gasteiger partial charge is 0.396 e. The number of carbonyl (C=O) groups excluding carboxylic acids is 1. The summed E-state index contributed by atoms with van der Waals surface area (Å²) in [5, 5.41) is 18.1. The van der Waals surface area contributed by atoms with E-state index in [1.807, 2.05) is 6.92 Å². The van der Waals surface area contributed by atoms with Crippen LogP contribution in [-0.2, 0) is 11.3 Å². The summed E-state index contributed by atoms with van der Waals surface area (Å²) >= 11 is 0. The zero-order valence-corrected chi connectivity index (χ0v) is 14.9. The highest BCUT2D eigenvalue weighted by atomic mass is 33.1. The van der Waals surface area contributed by atoms with Crippen molar-refractivity contribution in [2.75, 3.05) is 24.7 Å². The van der Waals surface area contributed by atoms with Crippen molar-refractivity contribution in [2.24, 2.45) is 0 Å². The van der Waals surface area contributed by atoms with E-state index in [-0.39, 0.29) is 19.8 Å². The minimum absolute atomic E-state index is 0.0121. The molecule has 0 unspecified atom stereocenters. The van der Waals surface area contributed by atoms with Crippen molar-refractivity contribution in [3.8, 4) is 0 Å². The summed E-state index contributed by atoms with van der Waals surface area (Å²) < 4.78 is 0. The average Bonchev–Trinajstić information content (AvgIpc) is 2.53. The second-order valence-corrected chi connectivity index (χ2v) is 7.18.